The second-order valence-corrected chi connectivity index (χ2v) is 7.29. The molecule has 2 rings (SSSR count). The van der Waals surface area contributed by atoms with E-state index in [9.17, 15) is 0 Å². The molecule has 2 heteroatoms. The van der Waals surface area contributed by atoms with Gasteiger partial charge in [0.1, 0.15) is 0 Å². The van der Waals surface area contributed by atoms with Crippen LogP contribution < -0.4 is 0 Å². The minimum Gasteiger partial charge on any atom is -0.369 e. The smallest absolute Gasteiger partial charge is 0.0699 e. The van der Waals surface area contributed by atoms with E-state index in [4.69, 9.17) is 16.3 Å². The van der Waals surface area contributed by atoms with Crippen LogP contribution in [-0.2, 0) is 4.74 Å². The van der Waals surface area contributed by atoms with Crippen molar-refractivity contribution in [1.29, 1.82) is 0 Å². The van der Waals surface area contributed by atoms with Gasteiger partial charge in [-0.25, -0.2) is 0 Å². The zero-order valence-electron chi connectivity index (χ0n) is 11.6. The number of allylic oxidation sites excluding steroid dienone is 1. The molecule has 2 unspecified atom stereocenters. The van der Waals surface area contributed by atoms with Crippen molar-refractivity contribution in [3.05, 3.63) is 11.6 Å². The Balaban J connectivity index is 2.21. The first-order valence-electron chi connectivity index (χ1n) is 6.85. The molecule has 1 saturated heterocycles. The summed E-state index contributed by atoms with van der Waals surface area (Å²) in [6.07, 6.45) is 8.30. The lowest BCUT2D eigenvalue weighted by molar-refractivity contribution is -0.0716. The second kappa shape index (κ2) is 4.59. The van der Waals surface area contributed by atoms with Crippen molar-refractivity contribution in [3.63, 3.8) is 0 Å². The van der Waals surface area contributed by atoms with Gasteiger partial charge in [0.25, 0.3) is 0 Å². The van der Waals surface area contributed by atoms with E-state index in [1.807, 2.05) is 0 Å². The Bertz CT molecular complexity index is 317. The lowest BCUT2D eigenvalue weighted by Crippen LogP contribution is -2.30. The summed E-state index contributed by atoms with van der Waals surface area (Å²) in [7, 11) is 0. The largest absolute Gasteiger partial charge is 0.369 e. The van der Waals surface area contributed by atoms with Gasteiger partial charge in [0.15, 0.2) is 0 Å². The Morgan fingerprint density at radius 1 is 1.24 bits per heavy atom. The van der Waals surface area contributed by atoms with Crippen LogP contribution in [0.3, 0.4) is 0 Å². The number of halogens is 1. The normalized spacial score (nSPS) is 36.4. The molecular weight excluding hydrogens is 232 g/mol. The summed E-state index contributed by atoms with van der Waals surface area (Å²) in [5.41, 5.74) is 1.50. The zero-order chi connectivity index (χ0) is 12.7. The van der Waals surface area contributed by atoms with Crippen LogP contribution in [0.15, 0.2) is 11.6 Å². The summed E-state index contributed by atoms with van der Waals surface area (Å²) in [5.74, 6) is 0.539. The van der Waals surface area contributed by atoms with Crippen molar-refractivity contribution in [1.82, 2.24) is 0 Å². The van der Waals surface area contributed by atoms with Gasteiger partial charge in [-0.15, -0.1) is 11.6 Å². The number of hydrogen-bond donors (Lipinski definition) is 0. The second-order valence-electron chi connectivity index (χ2n) is 6.73. The van der Waals surface area contributed by atoms with E-state index in [2.05, 4.69) is 33.8 Å². The SMILES string of the molecule is CC1(C)CC(C2=CC(Cl)CCCC2)C(C)(C)O1. The molecule has 0 amide bonds. The molecule has 17 heavy (non-hydrogen) atoms. The summed E-state index contributed by atoms with van der Waals surface area (Å²) < 4.78 is 6.19. The average molecular weight is 257 g/mol. The third kappa shape index (κ3) is 3.06. The highest BCUT2D eigenvalue weighted by molar-refractivity contribution is 6.21. The van der Waals surface area contributed by atoms with Gasteiger partial charge in [-0.05, 0) is 53.4 Å². The van der Waals surface area contributed by atoms with Crippen molar-refractivity contribution in [3.8, 4) is 0 Å². The monoisotopic (exact) mass is 256 g/mol. The molecule has 0 N–H and O–H groups in total. The van der Waals surface area contributed by atoms with Crippen LogP contribution in [-0.4, -0.2) is 16.6 Å². The molecule has 0 spiro atoms. The van der Waals surface area contributed by atoms with Gasteiger partial charge in [-0.3, -0.25) is 0 Å². The Labute approximate surface area is 111 Å². The molecule has 0 aromatic rings. The quantitative estimate of drug-likeness (QED) is 0.489. The third-order valence-electron chi connectivity index (χ3n) is 4.11. The van der Waals surface area contributed by atoms with E-state index in [0.29, 0.717) is 5.92 Å². The van der Waals surface area contributed by atoms with Crippen molar-refractivity contribution in [2.24, 2.45) is 5.92 Å². The molecule has 2 atom stereocenters. The summed E-state index contributed by atoms with van der Waals surface area (Å²) >= 11 is 6.34. The minimum atomic E-state index is -0.0454. The van der Waals surface area contributed by atoms with Crippen LogP contribution in [0.5, 0.6) is 0 Å². The van der Waals surface area contributed by atoms with E-state index >= 15 is 0 Å². The van der Waals surface area contributed by atoms with Crippen molar-refractivity contribution >= 4 is 11.6 Å². The van der Waals surface area contributed by atoms with E-state index in [1.165, 1.54) is 24.8 Å². The predicted molar refractivity (Wildman–Crippen MR) is 73.5 cm³/mol. The number of ether oxygens (including phenoxy) is 1. The fraction of sp³-hybridized carbons (Fsp3) is 0.867. The molecule has 1 heterocycles. The summed E-state index contributed by atoms with van der Waals surface area (Å²) in [5, 5.41) is 0.229. The van der Waals surface area contributed by atoms with Gasteiger partial charge < -0.3 is 4.74 Å². The molecule has 1 aliphatic heterocycles. The van der Waals surface area contributed by atoms with Crippen LogP contribution >= 0.6 is 11.6 Å². The number of rotatable bonds is 1. The summed E-state index contributed by atoms with van der Waals surface area (Å²) in [6.45, 7) is 8.84. The minimum absolute atomic E-state index is 0.00310. The molecule has 0 aromatic heterocycles. The molecule has 0 saturated carbocycles. The van der Waals surface area contributed by atoms with Crippen LogP contribution in [0.1, 0.15) is 59.8 Å². The maximum absolute atomic E-state index is 6.34. The number of alkyl halides is 1. The molecule has 1 aliphatic carbocycles. The van der Waals surface area contributed by atoms with Crippen LogP contribution in [0.2, 0.25) is 0 Å². The standard InChI is InChI=1S/C15H25ClO/c1-14(2)10-13(15(3,4)17-14)11-7-5-6-8-12(16)9-11/h9,12-13H,5-8,10H2,1-4H3. The van der Waals surface area contributed by atoms with Gasteiger partial charge in [0.05, 0.1) is 16.6 Å². The maximum Gasteiger partial charge on any atom is 0.0699 e. The van der Waals surface area contributed by atoms with Gasteiger partial charge >= 0.3 is 0 Å². The van der Waals surface area contributed by atoms with Gasteiger partial charge in [0, 0.05) is 5.92 Å². The molecule has 2 aliphatic rings. The highest BCUT2D eigenvalue weighted by Crippen LogP contribution is 2.47. The molecule has 98 valence electrons. The first kappa shape index (κ1) is 13.4. The summed E-state index contributed by atoms with van der Waals surface area (Å²) in [4.78, 5) is 0. The first-order chi connectivity index (χ1) is 7.80. The van der Waals surface area contributed by atoms with Crippen LogP contribution in [0, 0.1) is 5.92 Å². The molecular formula is C15H25ClO. The van der Waals surface area contributed by atoms with E-state index < -0.39 is 0 Å². The Hall–Kier alpha value is -0.0100. The molecule has 0 radical (unpaired) electrons. The maximum atomic E-state index is 6.34. The van der Waals surface area contributed by atoms with E-state index in [-0.39, 0.29) is 16.6 Å². The first-order valence-corrected chi connectivity index (χ1v) is 7.29. The van der Waals surface area contributed by atoms with Crippen molar-refractivity contribution in [2.45, 2.75) is 76.4 Å². The molecule has 0 aromatic carbocycles. The Morgan fingerprint density at radius 3 is 2.53 bits per heavy atom. The topological polar surface area (TPSA) is 9.23 Å². The van der Waals surface area contributed by atoms with Gasteiger partial charge in [0.2, 0.25) is 0 Å². The van der Waals surface area contributed by atoms with Gasteiger partial charge in [-0.2, -0.15) is 0 Å². The lowest BCUT2D eigenvalue weighted by Gasteiger charge is -2.29. The lowest BCUT2D eigenvalue weighted by atomic mass is 9.80. The van der Waals surface area contributed by atoms with Crippen molar-refractivity contribution in [2.75, 3.05) is 0 Å². The molecule has 1 fully saturated rings. The van der Waals surface area contributed by atoms with E-state index in [0.717, 1.165) is 12.8 Å². The van der Waals surface area contributed by atoms with Crippen LogP contribution in [0.4, 0.5) is 0 Å². The fourth-order valence-corrected chi connectivity index (χ4v) is 3.81. The van der Waals surface area contributed by atoms with E-state index in [1.54, 1.807) is 0 Å². The zero-order valence-corrected chi connectivity index (χ0v) is 12.3. The summed E-state index contributed by atoms with van der Waals surface area (Å²) in [6, 6.07) is 0. The molecule has 0 bridgehead atoms. The Morgan fingerprint density at radius 2 is 1.94 bits per heavy atom. The fourth-order valence-electron chi connectivity index (χ4n) is 3.50. The van der Waals surface area contributed by atoms with Gasteiger partial charge in [-0.1, -0.05) is 18.1 Å². The predicted octanol–water partition coefficient (Wildman–Crippen LogP) is 4.69. The Kier molecular flexibility index (Phi) is 3.62. The highest BCUT2D eigenvalue weighted by Gasteiger charge is 2.47. The number of hydrogen-bond acceptors (Lipinski definition) is 1. The molecule has 1 nitrogen and oxygen atoms in total. The third-order valence-corrected chi connectivity index (χ3v) is 4.46. The van der Waals surface area contributed by atoms with Crippen LogP contribution in [0.25, 0.3) is 0 Å². The van der Waals surface area contributed by atoms with Crippen molar-refractivity contribution < 1.29 is 4.74 Å². The average Bonchev–Trinajstić information content (AvgIpc) is 2.36. The highest BCUT2D eigenvalue weighted by atomic mass is 35.5.